The number of methoxy groups -OCH3 is 2. The van der Waals surface area contributed by atoms with E-state index in [0.717, 1.165) is 59.6 Å². The van der Waals surface area contributed by atoms with Crippen molar-refractivity contribution in [2.75, 3.05) is 33.9 Å². The molecule has 3 rings (SSSR count). The molecular weight excluding hydrogens is 404 g/mol. The van der Waals surface area contributed by atoms with Crippen molar-refractivity contribution in [1.82, 2.24) is 15.6 Å². The Kier molecular flexibility index (Phi) is 8.39. The highest BCUT2D eigenvalue weighted by molar-refractivity contribution is 5.88. The lowest BCUT2D eigenvalue weighted by Gasteiger charge is -2.13. The van der Waals surface area contributed by atoms with Gasteiger partial charge in [-0.2, -0.15) is 0 Å². The molecule has 1 aromatic heterocycles. The number of hydrogen-bond donors (Lipinski definition) is 4. The van der Waals surface area contributed by atoms with Crippen LogP contribution in [0.1, 0.15) is 36.3 Å². The van der Waals surface area contributed by atoms with Crippen molar-refractivity contribution >= 4 is 16.9 Å². The summed E-state index contributed by atoms with van der Waals surface area (Å²) in [6, 6.07) is 13.9. The molecule has 0 radical (unpaired) electrons. The first-order chi connectivity index (χ1) is 15.5. The number of aromatic amines is 1. The van der Waals surface area contributed by atoms with Gasteiger partial charge in [-0.3, -0.25) is 4.99 Å². The number of hydrogen-bond acceptors (Lipinski definition) is 4. The molecule has 172 valence electrons. The summed E-state index contributed by atoms with van der Waals surface area (Å²) >= 11 is 0. The molecule has 0 fully saturated rings. The molecule has 0 aliphatic carbocycles. The molecule has 4 N–H and O–H groups in total. The number of fused-ring (bicyclic) bond motifs is 1. The number of benzene rings is 2. The van der Waals surface area contributed by atoms with Crippen LogP contribution in [0.25, 0.3) is 10.9 Å². The maximum absolute atomic E-state index is 10.4. The van der Waals surface area contributed by atoms with Crippen LogP contribution in [-0.2, 0) is 6.42 Å². The van der Waals surface area contributed by atoms with Crippen LogP contribution in [0.3, 0.4) is 0 Å². The molecule has 0 aliphatic rings. The number of nitrogens with zero attached hydrogens (tertiary/aromatic N) is 1. The Hall–Kier alpha value is -3.19. The number of guanidine groups is 1. The van der Waals surface area contributed by atoms with Crippen molar-refractivity contribution in [3.63, 3.8) is 0 Å². The zero-order valence-corrected chi connectivity index (χ0v) is 19.4. The SMILES string of the molecule is CCNC(=NCC(O)c1ccc(C)cc1)NCCCc1cc2c(OC)cc(OC)cc2[nH]1. The molecule has 0 saturated heterocycles. The zero-order chi connectivity index (χ0) is 22.9. The number of aliphatic imine (C=N–C) groups is 1. The van der Waals surface area contributed by atoms with Gasteiger partial charge in [-0.05, 0) is 38.3 Å². The van der Waals surface area contributed by atoms with Crippen LogP contribution in [0.2, 0.25) is 0 Å². The van der Waals surface area contributed by atoms with E-state index in [1.165, 1.54) is 5.56 Å². The van der Waals surface area contributed by atoms with Crippen LogP contribution in [0.15, 0.2) is 47.5 Å². The average Bonchev–Trinajstić information content (AvgIpc) is 3.22. The minimum Gasteiger partial charge on any atom is -0.497 e. The van der Waals surface area contributed by atoms with Crippen LogP contribution in [0.4, 0.5) is 0 Å². The fourth-order valence-electron chi connectivity index (χ4n) is 3.56. The smallest absolute Gasteiger partial charge is 0.191 e. The Morgan fingerprint density at radius 2 is 1.88 bits per heavy atom. The minimum absolute atomic E-state index is 0.308. The molecular formula is C25H34N4O3. The fourth-order valence-corrected chi connectivity index (χ4v) is 3.56. The van der Waals surface area contributed by atoms with Crippen LogP contribution < -0.4 is 20.1 Å². The van der Waals surface area contributed by atoms with Gasteiger partial charge < -0.3 is 30.2 Å². The normalized spacial score (nSPS) is 12.6. The third-order valence-corrected chi connectivity index (χ3v) is 5.33. The highest BCUT2D eigenvalue weighted by atomic mass is 16.5. The number of aryl methyl sites for hydroxylation is 2. The Bertz CT molecular complexity index is 1030. The second-order valence-electron chi connectivity index (χ2n) is 7.76. The number of aliphatic hydroxyl groups excluding tert-OH is 1. The van der Waals surface area contributed by atoms with E-state index in [-0.39, 0.29) is 0 Å². The largest absolute Gasteiger partial charge is 0.497 e. The third kappa shape index (κ3) is 6.17. The predicted octanol–water partition coefficient (Wildman–Crippen LogP) is 3.71. The van der Waals surface area contributed by atoms with Crippen molar-refractivity contribution in [2.45, 2.75) is 32.8 Å². The Morgan fingerprint density at radius 1 is 1.09 bits per heavy atom. The van der Waals surface area contributed by atoms with Crippen LogP contribution >= 0.6 is 0 Å². The van der Waals surface area contributed by atoms with E-state index in [9.17, 15) is 5.11 Å². The number of rotatable bonds is 10. The lowest BCUT2D eigenvalue weighted by molar-refractivity contribution is 0.187. The number of nitrogens with one attached hydrogen (secondary N) is 3. The maximum atomic E-state index is 10.4. The summed E-state index contributed by atoms with van der Waals surface area (Å²) in [4.78, 5) is 7.99. The number of H-pyrrole nitrogens is 1. The molecule has 0 aliphatic heterocycles. The lowest BCUT2D eigenvalue weighted by atomic mass is 10.1. The minimum atomic E-state index is -0.621. The Balaban J connectivity index is 1.54. The van der Waals surface area contributed by atoms with Gasteiger partial charge in [0.25, 0.3) is 0 Å². The lowest BCUT2D eigenvalue weighted by Crippen LogP contribution is -2.38. The first-order valence-electron chi connectivity index (χ1n) is 11.0. The van der Waals surface area contributed by atoms with Gasteiger partial charge >= 0.3 is 0 Å². The topological polar surface area (TPSA) is 90.9 Å². The average molecular weight is 439 g/mol. The van der Waals surface area contributed by atoms with Crippen molar-refractivity contribution < 1.29 is 14.6 Å². The summed E-state index contributed by atoms with van der Waals surface area (Å²) in [6.07, 6.45) is 1.19. The third-order valence-electron chi connectivity index (χ3n) is 5.33. The molecule has 1 unspecified atom stereocenters. The molecule has 1 atom stereocenters. The van der Waals surface area contributed by atoms with E-state index in [0.29, 0.717) is 12.5 Å². The summed E-state index contributed by atoms with van der Waals surface area (Å²) in [7, 11) is 3.32. The second kappa shape index (κ2) is 11.4. The van der Waals surface area contributed by atoms with Crippen LogP contribution in [0.5, 0.6) is 11.5 Å². The molecule has 1 heterocycles. The molecule has 3 aromatic rings. The van der Waals surface area contributed by atoms with Crippen LogP contribution in [-0.4, -0.2) is 49.9 Å². The van der Waals surface area contributed by atoms with E-state index in [1.54, 1.807) is 14.2 Å². The van der Waals surface area contributed by atoms with E-state index in [1.807, 2.05) is 50.2 Å². The fraction of sp³-hybridized carbons (Fsp3) is 0.400. The number of aliphatic hydroxyl groups is 1. The zero-order valence-electron chi connectivity index (χ0n) is 19.4. The molecule has 0 spiro atoms. The quantitative estimate of drug-likeness (QED) is 0.220. The second-order valence-corrected chi connectivity index (χ2v) is 7.76. The van der Waals surface area contributed by atoms with E-state index in [4.69, 9.17) is 9.47 Å². The standard InChI is InChI=1S/C25H34N4O3/c1-5-26-25(28-16-23(30)18-10-8-17(2)9-11-18)27-12-6-7-19-13-21-22(29-19)14-20(31-3)15-24(21)32-4/h8-11,13-15,23,29-30H,5-7,12,16H2,1-4H3,(H2,26,27,28). The number of aromatic nitrogens is 1. The first kappa shape index (κ1) is 23.5. The molecule has 32 heavy (non-hydrogen) atoms. The molecule has 0 saturated carbocycles. The van der Waals surface area contributed by atoms with Crippen molar-refractivity contribution in [1.29, 1.82) is 0 Å². The molecule has 7 heteroatoms. The van der Waals surface area contributed by atoms with Crippen molar-refractivity contribution in [3.05, 3.63) is 59.3 Å². The maximum Gasteiger partial charge on any atom is 0.191 e. The first-order valence-corrected chi connectivity index (χ1v) is 11.0. The predicted molar refractivity (Wildman–Crippen MR) is 130 cm³/mol. The molecule has 2 aromatic carbocycles. The van der Waals surface area contributed by atoms with Crippen LogP contribution in [0, 0.1) is 6.92 Å². The van der Waals surface area contributed by atoms with Gasteiger partial charge in [-0.25, -0.2) is 0 Å². The molecule has 0 bridgehead atoms. The summed E-state index contributed by atoms with van der Waals surface area (Å²) in [6.45, 7) is 5.89. The van der Waals surface area contributed by atoms with Gasteiger partial charge in [-0.1, -0.05) is 29.8 Å². The summed E-state index contributed by atoms with van der Waals surface area (Å²) < 4.78 is 10.8. The summed E-state index contributed by atoms with van der Waals surface area (Å²) in [5.74, 6) is 2.28. The monoisotopic (exact) mass is 438 g/mol. The summed E-state index contributed by atoms with van der Waals surface area (Å²) in [5, 5.41) is 18.1. The van der Waals surface area contributed by atoms with E-state index < -0.39 is 6.10 Å². The van der Waals surface area contributed by atoms with E-state index >= 15 is 0 Å². The van der Waals surface area contributed by atoms with Gasteiger partial charge in [0.15, 0.2) is 5.96 Å². The Labute approximate surface area is 189 Å². The molecule has 7 nitrogen and oxygen atoms in total. The van der Waals surface area contributed by atoms with Gasteiger partial charge in [0.2, 0.25) is 0 Å². The van der Waals surface area contributed by atoms with Crippen molar-refractivity contribution in [3.8, 4) is 11.5 Å². The van der Waals surface area contributed by atoms with E-state index in [2.05, 4.69) is 26.7 Å². The highest BCUT2D eigenvalue weighted by Crippen LogP contribution is 2.31. The highest BCUT2D eigenvalue weighted by Gasteiger charge is 2.10. The van der Waals surface area contributed by atoms with Gasteiger partial charge in [0.1, 0.15) is 11.5 Å². The van der Waals surface area contributed by atoms with Gasteiger partial charge in [0, 0.05) is 36.3 Å². The van der Waals surface area contributed by atoms with Gasteiger partial charge in [0.05, 0.1) is 32.4 Å². The summed E-state index contributed by atoms with van der Waals surface area (Å²) in [5.41, 5.74) is 4.20. The van der Waals surface area contributed by atoms with Gasteiger partial charge in [-0.15, -0.1) is 0 Å². The van der Waals surface area contributed by atoms with Crippen molar-refractivity contribution in [2.24, 2.45) is 4.99 Å². The Morgan fingerprint density at radius 3 is 2.56 bits per heavy atom. The molecule has 0 amide bonds. The number of ether oxygens (including phenoxy) is 2.